The highest BCUT2D eigenvalue weighted by atomic mass is 32.2. The summed E-state index contributed by atoms with van der Waals surface area (Å²) in [5, 5.41) is 11.6. The van der Waals surface area contributed by atoms with Crippen LogP contribution in [0.4, 0.5) is 0 Å². The second-order valence-corrected chi connectivity index (χ2v) is 5.85. The Morgan fingerprint density at radius 2 is 1.75 bits per heavy atom. The van der Waals surface area contributed by atoms with E-state index in [1.54, 1.807) is 0 Å². The molecule has 0 bridgehead atoms. The van der Waals surface area contributed by atoms with Gasteiger partial charge in [-0.3, -0.25) is 9.00 Å². The Hall–Kier alpha value is -1.69. The Labute approximate surface area is 120 Å². The number of benzene rings is 1. The van der Waals surface area contributed by atoms with Crippen LogP contribution in [-0.2, 0) is 15.6 Å². The van der Waals surface area contributed by atoms with E-state index >= 15 is 0 Å². The number of carboxylic acids is 1. The minimum absolute atomic E-state index is 0.105. The van der Waals surface area contributed by atoms with Crippen molar-refractivity contribution in [1.29, 1.82) is 0 Å². The zero-order valence-electron chi connectivity index (χ0n) is 11.6. The first kappa shape index (κ1) is 16.4. The van der Waals surface area contributed by atoms with Gasteiger partial charge in [0.2, 0.25) is 5.91 Å². The predicted molar refractivity (Wildman–Crippen MR) is 77.2 cm³/mol. The van der Waals surface area contributed by atoms with E-state index in [9.17, 15) is 13.8 Å². The van der Waals surface area contributed by atoms with E-state index in [0.717, 1.165) is 12.8 Å². The van der Waals surface area contributed by atoms with Gasteiger partial charge in [0.05, 0.1) is 16.4 Å². The molecule has 6 heteroatoms. The zero-order chi connectivity index (χ0) is 15.1. The molecule has 0 aliphatic carbocycles. The van der Waals surface area contributed by atoms with Gasteiger partial charge in [-0.05, 0) is 37.1 Å². The molecule has 0 aromatic heterocycles. The molecule has 0 radical (unpaired) electrons. The summed E-state index contributed by atoms with van der Waals surface area (Å²) < 4.78 is 12.0. The maximum Gasteiger partial charge on any atom is 0.335 e. The molecule has 110 valence electrons. The van der Waals surface area contributed by atoms with Crippen LogP contribution in [0.3, 0.4) is 0 Å². The third-order valence-corrected chi connectivity index (χ3v) is 4.30. The Kier molecular flexibility index (Phi) is 6.38. The number of hydrogen-bond acceptors (Lipinski definition) is 3. The van der Waals surface area contributed by atoms with E-state index in [1.165, 1.54) is 24.3 Å². The number of hydrogen-bond donors (Lipinski definition) is 2. The van der Waals surface area contributed by atoms with Crippen LogP contribution in [-0.4, -0.2) is 33.0 Å². The van der Waals surface area contributed by atoms with Crippen LogP contribution in [0, 0.1) is 0 Å². The molecule has 1 amide bonds. The lowest BCUT2D eigenvalue weighted by molar-refractivity contribution is -0.119. The summed E-state index contributed by atoms with van der Waals surface area (Å²) in [6, 6.07) is 5.82. The summed E-state index contributed by atoms with van der Waals surface area (Å²) >= 11 is 0. The molecule has 1 aromatic carbocycles. The predicted octanol–water partition coefficient (Wildman–Crippen LogP) is 1.80. The third kappa shape index (κ3) is 4.77. The quantitative estimate of drug-likeness (QED) is 0.804. The SMILES string of the molecule is CCC(CC)NC(=O)CS(=O)c1ccc(C(=O)O)cc1. The Balaban J connectivity index is 2.62. The van der Waals surface area contributed by atoms with E-state index in [-0.39, 0.29) is 23.3 Å². The molecule has 0 spiro atoms. The standard InChI is InChI=1S/C14H19NO4S/c1-3-11(4-2)15-13(16)9-20(19)12-7-5-10(6-8-12)14(17)18/h5-8,11H,3-4,9H2,1-2H3,(H,15,16)(H,17,18). The van der Waals surface area contributed by atoms with E-state index in [0.29, 0.717) is 4.90 Å². The molecule has 0 heterocycles. The third-order valence-electron chi connectivity index (χ3n) is 2.98. The number of rotatable bonds is 7. The minimum Gasteiger partial charge on any atom is -0.478 e. The summed E-state index contributed by atoms with van der Waals surface area (Å²) in [4.78, 5) is 22.9. The molecule has 0 saturated carbocycles. The van der Waals surface area contributed by atoms with Crippen molar-refractivity contribution in [2.24, 2.45) is 0 Å². The van der Waals surface area contributed by atoms with Gasteiger partial charge in [-0.25, -0.2) is 4.79 Å². The molecule has 2 N–H and O–H groups in total. The second kappa shape index (κ2) is 7.79. The van der Waals surface area contributed by atoms with Crippen molar-refractivity contribution in [1.82, 2.24) is 5.32 Å². The number of carbonyl (C=O) groups is 2. The lowest BCUT2D eigenvalue weighted by Gasteiger charge is -2.14. The van der Waals surface area contributed by atoms with Crippen LogP contribution in [0.5, 0.6) is 0 Å². The molecule has 0 aliphatic heterocycles. The number of carboxylic acid groups (broad SMARTS) is 1. The largest absolute Gasteiger partial charge is 0.478 e. The zero-order valence-corrected chi connectivity index (χ0v) is 12.4. The van der Waals surface area contributed by atoms with Crippen LogP contribution in [0.1, 0.15) is 37.0 Å². The van der Waals surface area contributed by atoms with Crippen LogP contribution in [0.15, 0.2) is 29.2 Å². The van der Waals surface area contributed by atoms with Crippen LogP contribution < -0.4 is 5.32 Å². The number of nitrogens with one attached hydrogen (secondary N) is 1. The maximum absolute atomic E-state index is 12.0. The summed E-state index contributed by atoms with van der Waals surface area (Å²) in [6.45, 7) is 3.96. The van der Waals surface area contributed by atoms with E-state index in [1.807, 2.05) is 13.8 Å². The molecule has 20 heavy (non-hydrogen) atoms. The topological polar surface area (TPSA) is 83.5 Å². The van der Waals surface area contributed by atoms with Gasteiger partial charge in [0.1, 0.15) is 5.75 Å². The fourth-order valence-electron chi connectivity index (χ4n) is 1.71. The molecule has 0 fully saturated rings. The molecule has 1 rings (SSSR count). The monoisotopic (exact) mass is 297 g/mol. The van der Waals surface area contributed by atoms with Gasteiger partial charge in [-0.1, -0.05) is 13.8 Å². The fourth-order valence-corrected chi connectivity index (χ4v) is 2.64. The maximum atomic E-state index is 12.0. The Bertz CT molecular complexity index is 494. The van der Waals surface area contributed by atoms with Crippen LogP contribution in [0.25, 0.3) is 0 Å². The molecular formula is C14H19NO4S. The first-order valence-corrected chi connectivity index (χ1v) is 7.80. The average Bonchev–Trinajstić information content (AvgIpc) is 2.44. The molecule has 5 nitrogen and oxygen atoms in total. The van der Waals surface area contributed by atoms with Gasteiger partial charge in [-0.15, -0.1) is 0 Å². The summed E-state index contributed by atoms with van der Waals surface area (Å²) in [6.07, 6.45) is 1.67. The molecular weight excluding hydrogens is 278 g/mol. The van der Waals surface area contributed by atoms with Crippen molar-refractivity contribution >= 4 is 22.7 Å². The van der Waals surface area contributed by atoms with E-state index in [4.69, 9.17) is 5.11 Å². The molecule has 1 unspecified atom stereocenters. The van der Waals surface area contributed by atoms with Crippen molar-refractivity contribution in [3.8, 4) is 0 Å². The lowest BCUT2D eigenvalue weighted by Crippen LogP contribution is -2.36. The molecule has 0 aliphatic rings. The highest BCUT2D eigenvalue weighted by Gasteiger charge is 2.13. The van der Waals surface area contributed by atoms with Crippen molar-refractivity contribution in [2.75, 3.05) is 5.75 Å². The Morgan fingerprint density at radius 1 is 1.20 bits per heavy atom. The van der Waals surface area contributed by atoms with Gasteiger partial charge in [-0.2, -0.15) is 0 Å². The summed E-state index contributed by atoms with van der Waals surface area (Å²) in [5.41, 5.74) is 0.132. The van der Waals surface area contributed by atoms with Gasteiger partial charge < -0.3 is 10.4 Å². The minimum atomic E-state index is -1.46. The van der Waals surface area contributed by atoms with Gasteiger partial charge in [0, 0.05) is 10.9 Å². The van der Waals surface area contributed by atoms with Crippen LogP contribution in [0.2, 0.25) is 0 Å². The van der Waals surface area contributed by atoms with E-state index < -0.39 is 16.8 Å². The summed E-state index contributed by atoms with van der Waals surface area (Å²) in [7, 11) is -1.46. The average molecular weight is 297 g/mol. The molecule has 1 atom stereocenters. The summed E-state index contributed by atoms with van der Waals surface area (Å²) in [5.74, 6) is -1.39. The highest BCUT2D eigenvalue weighted by Crippen LogP contribution is 2.09. The van der Waals surface area contributed by atoms with Crippen LogP contribution >= 0.6 is 0 Å². The molecule has 0 saturated heterocycles. The fraction of sp³-hybridized carbons (Fsp3) is 0.429. The smallest absolute Gasteiger partial charge is 0.335 e. The van der Waals surface area contributed by atoms with Crippen molar-refractivity contribution in [3.63, 3.8) is 0 Å². The Morgan fingerprint density at radius 3 is 2.20 bits per heavy atom. The lowest BCUT2D eigenvalue weighted by atomic mass is 10.2. The second-order valence-electron chi connectivity index (χ2n) is 4.40. The van der Waals surface area contributed by atoms with Crippen molar-refractivity contribution in [3.05, 3.63) is 29.8 Å². The molecule has 1 aromatic rings. The number of aromatic carboxylic acids is 1. The first-order chi connectivity index (χ1) is 9.47. The van der Waals surface area contributed by atoms with E-state index in [2.05, 4.69) is 5.32 Å². The van der Waals surface area contributed by atoms with Crippen molar-refractivity contribution in [2.45, 2.75) is 37.6 Å². The normalized spacial score (nSPS) is 12.2. The highest BCUT2D eigenvalue weighted by molar-refractivity contribution is 7.85. The van der Waals surface area contributed by atoms with Gasteiger partial charge in [0.15, 0.2) is 0 Å². The number of carbonyl (C=O) groups excluding carboxylic acids is 1. The van der Waals surface area contributed by atoms with Gasteiger partial charge in [0.25, 0.3) is 0 Å². The first-order valence-electron chi connectivity index (χ1n) is 6.49. The number of amides is 1. The van der Waals surface area contributed by atoms with Crippen molar-refractivity contribution < 1.29 is 18.9 Å². The van der Waals surface area contributed by atoms with Gasteiger partial charge >= 0.3 is 5.97 Å².